The van der Waals surface area contributed by atoms with Gasteiger partial charge in [-0.3, -0.25) is 14.5 Å². The molecular formula is C23H31N3O4. The molecule has 0 aliphatic carbocycles. The molecule has 7 heteroatoms. The lowest BCUT2D eigenvalue weighted by Crippen LogP contribution is -2.60. The maximum absolute atomic E-state index is 12.6. The van der Waals surface area contributed by atoms with Crippen molar-refractivity contribution in [3.8, 4) is 0 Å². The minimum Gasteiger partial charge on any atom is -0.444 e. The van der Waals surface area contributed by atoms with E-state index >= 15 is 0 Å². The van der Waals surface area contributed by atoms with Crippen LogP contribution < -0.4 is 10.2 Å². The monoisotopic (exact) mass is 413 g/mol. The third-order valence-electron chi connectivity index (χ3n) is 5.34. The van der Waals surface area contributed by atoms with Gasteiger partial charge in [0.25, 0.3) is 5.91 Å². The SMILES string of the molecule is CCC(C=CC(=O)N1CCc2ccccc21)NC(=O)C1CCN1C(=O)OC(C)(C)C. The Kier molecular flexibility index (Phi) is 6.48. The molecule has 0 bridgehead atoms. The van der Waals surface area contributed by atoms with Crippen LogP contribution in [0.25, 0.3) is 0 Å². The summed E-state index contributed by atoms with van der Waals surface area (Å²) >= 11 is 0. The molecule has 1 aromatic carbocycles. The molecule has 1 fully saturated rings. The van der Waals surface area contributed by atoms with Gasteiger partial charge in [0.2, 0.25) is 5.91 Å². The number of fused-ring (bicyclic) bond motifs is 1. The van der Waals surface area contributed by atoms with Crippen molar-refractivity contribution in [2.75, 3.05) is 18.0 Å². The van der Waals surface area contributed by atoms with E-state index in [0.717, 1.165) is 12.1 Å². The molecule has 3 amide bonds. The first-order valence-electron chi connectivity index (χ1n) is 10.6. The zero-order valence-corrected chi connectivity index (χ0v) is 18.2. The molecule has 7 nitrogen and oxygen atoms in total. The van der Waals surface area contributed by atoms with Crippen molar-refractivity contribution in [2.24, 2.45) is 0 Å². The summed E-state index contributed by atoms with van der Waals surface area (Å²) in [5.41, 5.74) is 1.52. The van der Waals surface area contributed by atoms with Gasteiger partial charge in [0.05, 0.1) is 0 Å². The van der Waals surface area contributed by atoms with Gasteiger partial charge in [0.15, 0.2) is 0 Å². The first-order valence-corrected chi connectivity index (χ1v) is 10.6. The number of nitrogens with one attached hydrogen (secondary N) is 1. The predicted molar refractivity (Wildman–Crippen MR) is 115 cm³/mol. The lowest BCUT2D eigenvalue weighted by molar-refractivity contribution is -0.131. The van der Waals surface area contributed by atoms with Crippen LogP contribution in [0.4, 0.5) is 10.5 Å². The van der Waals surface area contributed by atoms with E-state index < -0.39 is 17.7 Å². The average Bonchev–Trinajstić information content (AvgIpc) is 3.06. The number of hydrogen-bond acceptors (Lipinski definition) is 4. The van der Waals surface area contributed by atoms with Crippen LogP contribution in [0, 0.1) is 0 Å². The summed E-state index contributed by atoms with van der Waals surface area (Å²) in [5.74, 6) is -0.311. The number of hydrogen-bond donors (Lipinski definition) is 1. The maximum atomic E-state index is 12.6. The molecule has 1 saturated heterocycles. The quantitative estimate of drug-likeness (QED) is 0.753. The van der Waals surface area contributed by atoms with Gasteiger partial charge in [0, 0.05) is 30.9 Å². The molecule has 2 atom stereocenters. The van der Waals surface area contributed by atoms with Crippen molar-refractivity contribution >= 4 is 23.6 Å². The predicted octanol–water partition coefficient (Wildman–Crippen LogP) is 3.04. The summed E-state index contributed by atoms with van der Waals surface area (Å²) < 4.78 is 5.36. The molecule has 0 aromatic heterocycles. The zero-order chi connectivity index (χ0) is 21.9. The fourth-order valence-corrected chi connectivity index (χ4v) is 3.62. The zero-order valence-electron chi connectivity index (χ0n) is 18.2. The van der Waals surface area contributed by atoms with Gasteiger partial charge in [0.1, 0.15) is 11.6 Å². The van der Waals surface area contributed by atoms with Crippen molar-refractivity contribution < 1.29 is 19.1 Å². The van der Waals surface area contributed by atoms with Gasteiger partial charge in [-0.2, -0.15) is 0 Å². The van der Waals surface area contributed by atoms with E-state index in [2.05, 4.69) is 5.32 Å². The van der Waals surface area contributed by atoms with Crippen LogP contribution in [0.3, 0.4) is 0 Å². The lowest BCUT2D eigenvalue weighted by Gasteiger charge is -2.40. The Morgan fingerprint density at radius 3 is 2.60 bits per heavy atom. The van der Waals surface area contributed by atoms with Crippen LogP contribution in [-0.2, 0) is 20.7 Å². The Labute approximate surface area is 178 Å². The molecule has 0 radical (unpaired) electrons. The summed E-state index contributed by atoms with van der Waals surface area (Å²) in [6, 6.07) is 7.10. The Morgan fingerprint density at radius 1 is 1.23 bits per heavy atom. The Morgan fingerprint density at radius 2 is 1.97 bits per heavy atom. The van der Waals surface area contributed by atoms with Crippen molar-refractivity contribution in [2.45, 2.75) is 64.6 Å². The second-order valence-corrected chi connectivity index (χ2v) is 8.73. The average molecular weight is 414 g/mol. The molecule has 3 rings (SSSR count). The number of ether oxygens (including phenoxy) is 1. The van der Waals surface area contributed by atoms with E-state index in [9.17, 15) is 14.4 Å². The summed E-state index contributed by atoms with van der Waals surface area (Å²) in [5, 5.41) is 2.94. The van der Waals surface area contributed by atoms with Gasteiger partial charge < -0.3 is 15.0 Å². The van der Waals surface area contributed by atoms with Crippen LogP contribution in [0.2, 0.25) is 0 Å². The number of likely N-dealkylation sites (tertiary alicyclic amines) is 1. The molecule has 2 aliphatic rings. The van der Waals surface area contributed by atoms with E-state index in [0.29, 0.717) is 25.9 Å². The highest BCUT2D eigenvalue weighted by Crippen LogP contribution is 2.27. The number of carbonyl (C=O) groups excluding carboxylic acids is 3. The number of para-hydroxylation sites is 1. The minimum absolute atomic E-state index is 0.0910. The normalized spacial score (nSPS) is 19.3. The van der Waals surface area contributed by atoms with Gasteiger partial charge in [-0.05, 0) is 51.7 Å². The van der Waals surface area contributed by atoms with E-state index in [1.54, 1.807) is 31.7 Å². The summed E-state index contributed by atoms with van der Waals surface area (Å²) in [7, 11) is 0. The Bertz CT molecular complexity index is 843. The number of benzene rings is 1. The molecule has 0 spiro atoms. The first-order chi connectivity index (χ1) is 14.2. The van der Waals surface area contributed by atoms with Crippen LogP contribution >= 0.6 is 0 Å². The van der Waals surface area contributed by atoms with E-state index in [4.69, 9.17) is 4.74 Å². The number of nitrogens with zero attached hydrogens (tertiary/aromatic N) is 2. The van der Waals surface area contributed by atoms with Gasteiger partial charge in [-0.15, -0.1) is 0 Å². The Hall–Kier alpha value is -2.83. The summed E-state index contributed by atoms with van der Waals surface area (Å²) in [4.78, 5) is 40.7. The maximum Gasteiger partial charge on any atom is 0.410 e. The molecule has 162 valence electrons. The highest BCUT2D eigenvalue weighted by molar-refractivity contribution is 6.03. The minimum atomic E-state index is -0.600. The van der Waals surface area contributed by atoms with E-state index in [-0.39, 0.29) is 17.9 Å². The summed E-state index contributed by atoms with van der Waals surface area (Å²) in [6.07, 6.45) is 4.90. The van der Waals surface area contributed by atoms with E-state index in [1.165, 1.54) is 16.5 Å². The first kappa shape index (κ1) is 21.9. The van der Waals surface area contributed by atoms with Crippen molar-refractivity contribution in [1.29, 1.82) is 0 Å². The molecule has 2 unspecified atom stereocenters. The van der Waals surface area contributed by atoms with Crippen molar-refractivity contribution in [1.82, 2.24) is 10.2 Å². The van der Waals surface area contributed by atoms with E-state index in [1.807, 2.05) is 31.2 Å². The van der Waals surface area contributed by atoms with Crippen LogP contribution in [0.5, 0.6) is 0 Å². The standard InChI is InChI=1S/C23H31N3O4/c1-5-17(10-11-20(27)25-14-12-16-8-6-7-9-18(16)25)24-21(28)19-13-15-26(19)22(29)30-23(2,3)4/h6-11,17,19H,5,12-15H2,1-4H3,(H,24,28). The second-order valence-electron chi connectivity index (χ2n) is 8.73. The summed E-state index contributed by atoms with van der Waals surface area (Å²) in [6.45, 7) is 8.51. The van der Waals surface area contributed by atoms with Crippen LogP contribution in [0.1, 0.15) is 46.1 Å². The highest BCUT2D eigenvalue weighted by Gasteiger charge is 2.40. The number of rotatable bonds is 5. The van der Waals surface area contributed by atoms with Crippen molar-refractivity contribution in [3.63, 3.8) is 0 Å². The second kappa shape index (κ2) is 8.90. The molecule has 2 aliphatic heterocycles. The van der Waals surface area contributed by atoms with Gasteiger partial charge in [-0.1, -0.05) is 31.2 Å². The van der Waals surface area contributed by atoms with Crippen molar-refractivity contribution in [3.05, 3.63) is 42.0 Å². The lowest BCUT2D eigenvalue weighted by atomic mass is 10.0. The van der Waals surface area contributed by atoms with Crippen LogP contribution in [0.15, 0.2) is 36.4 Å². The smallest absolute Gasteiger partial charge is 0.410 e. The van der Waals surface area contributed by atoms with Gasteiger partial charge >= 0.3 is 6.09 Å². The number of amides is 3. The van der Waals surface area contributed by atoms with Gasteiger partial charge in [-0.25, -0.2) is 4.79 Å². The third kappa shape index (κ3) is 5.01. The molecule has 30 heavy (non-hydrogen) atoms. The molecular weight excluding hydrogens is 382 g/mol. The molecule has 1 aromatic rings. The molecule has 2 heterocycles. The largest absolute Gasteiger partial charge is 0.444 e. The Balaban J connectivity index is 1.56. The third-order valence-corrected chi connectivity index (χ3v) is 5.34. The molecule has 0 saturated carbocycles. The fraction of sp³-hybridized carbons (Fsp3) is 0.522. The number of carbonyl (C=O) groups is 3. The fourth-order valence-electron chi connectivity index (χ4n) is 3.62. The number of anilines is 1. The molecule has 1 N–H and O–H groups in total. The van der Waals surface area contributed by atoms with Crippen LogP contribution in [-0.4, -0.2) is 53.6 Å². The topological polar surface area (TPSA) is 79.0 Å². The highest BCUT2D eigenvalue weighted by atomic mass is 16.6.